The Hall–Kier alpha value is -1.91. The molecule has 0 unspecified atom stereocenters. The standard InChI is InChI=1S/C20H31N3O2/c1-25-19-10-6-5-9-18(19)22-13-15-23(16-14-22)20(24)21-12-11-17-7-3-2-4-8-17/h5-6,9-10,17H,2-4,7-8,11-16H2,1H3,(H,21,24). The first-order valence-corrected chi connectivity index (χ1v) is 9.68. The third-order valence-electron chi connectivity index (χ3n) is 5.55. The number of rotatable bonds is 5. The molecular formula is C20H31N3O2. The number of nitrogens with one attached hydrogen (secondary N) is 1. The summed E-state index contributed by atoms with van der Waals surface area (Å²) in [7, 11) is 1.70. The highest BCUT2D eigenvalue weighted by molar-refractivity contribution is 5.74. The molecule has 1 aliphatic heterocycles. The van der Waals surface area contributed by atoms with Gasteiger partial charge in [-0.25, -0.2) is 4.79 Å². The van der Waals surface area contributed by atoms with Gasteiger partial charge in [0.15, 0.2) is 0 Å². The molecule has 0 aromatic heterocycles. The first-order chi connectivity index (χ1) is 12.3. The van der Waals surface area contributed by atoms with Gasteiger partial charge in [-0.3, -0.25) is 0 Å². The minimum absolute atomic E-state index is 0.0930. The van der Waals surface area contributed by atoms with Gasteiger partial charge in [-0.2, -0.15) is 0 Å². The van der Waals surface area contributed by atoms with Crippen LogP contribution in [0.15, 0.2) is 24.3 Å². The van der Waals surface area contributed by atoms with Crippen molar-refractivity contribution in [2.45, 2.75) is 38.5 Å². The Balaban J connectivity index is 1.41. The maximum absolute atomic E-state index is 12.4. The zero-order valence-corrected chi connectivity index (χ0v) is 15.4. The highest BCUT2D eigenvalue weighted by Crippen LogP contribution is 2.28. The maximum Gasteiger partial charge on any atom is 0.317 e. The van der Waals surface area contributed by atoms with Crippen molar-refractivity contribution in [2.75, 3.05) is 44.7 Å². The molecule has 0 spiro atoms. The van der Waals surface area contributed by atoms with Crippen LogP contribution in [-0.4, -0.2) is 50.8 Å². The highest BCUT2D eigenvalue weighted by atomic mass is 16.5. The number of hydrogen-bond donors (Lipinski definition) is 1. The van der Waals surface area contributed by atoms with Crippen LogP contribution in [-0.2, 0) is 0 Å². The molecule has 2 aliphatic rings. The van der Waals surface area contributed by atoms with E-state index in [1.807, 2.05) is 23.1 Å². The van der Waals surface area contributed by atoms with Gasteiger partial charge in [-0.05, 0) is 24.5 Å². The Morgan fingerprint density at radius 2 is 1.84 bits per heavy atom. The van der Waals surface area contributed by atoms with Gasteiger partial charge < -0.3 is 19.9 Å². The molecule has 138 valence electrons. The topological polar surface area (TPSA) is 44.8 Å². The van der Waals surface area contributed by atoms with Gasteiger partial charge in [0.2, 0.25) is 0 Å². The van der Waals surface area contributed by atoms with E-state index in [0.29, 0.717) is 0 Å². The SMILES string of the molecule is COc1ccccc1N1CCN(C(=O)NCCC2CCCCC2)CC1. The van der Waals surface area contributed by atoms with E-state index in [1.54, 1.807) is 7.11 Å². The molecule has 1 saturated heterocycles. The predicted octanol–water partition coefficient (Wildman–Crippen LogP) is 3.50. The van der Waals surface area contributed by atoms with Gasteiger partial charge in [0, 0.05) is 32.7 Å². The summed E-state index contributed by atoms with van der Waals surface area (Å²) in [4.78, 5) is 16.6. The molecular weight excluding hydrogens is 314 g/mol. The lowest BCUT2D eigenvalue weighted by molar-refractivity contribution is 0.193. The lowest BCUT2D eigenvalue weighted by atomic mass is 9.87. The molecule has 1 aliphatic carbocycles. The number of amides is 2. The van der Waals surface area contributed by atoms with E-state index in [2.05, 4.69) is 16.3 Å². The van der Waals surface area contributed by atoms with E-state index in [0.717, 1.165) is 56.5 Å². The fraction of sp³-hybridized carbons (Fsp3) is 0.650. The average Bonchev–Trinajstić information content (AvgIpc) is 2.69. The molecule has 0 bridgehead atoms. The van der Waals surface area contributed by atoms with Crippen LogP contribution in [0.4, 0.5) is 10.5 Å². The van der Waals surface area contributed by atoms with Crippen LogP contribution in [0.5, 0.6) is 5.75 Å². The van der Waals surface area contributed by atoms with Crippen LogP contribution in [0.1, 0.15) is 38.5 Å². The van der Waals surface area contributed by atoms with E-state index < -0.39 is 0 Å². The number of ether oxygens (including phenoxy) is 1. The summed E-state index contributed by atoms with van der Waals surface area (Å²) in [6.45, 7) is 4.02. The molecule has 3 rings (SSSR count). The van der Waals surface area contributed by atoms with Crippen molar-refractivity contribution in [3.8, 4) is 5.75 Å². The van der Waals surface area contributed by atoms with Gasteiger partial charge >= 0.3 is 6.03 Å². The van der Waals surface area contributed by atoms with Crippen LogP contribution in [0, 0.1) is 5.92 Å². The number of urea groups is 1. The van der Waals surface area contributed by atoms with Crippen LogP contribution < -0.4 is 15.0 Å². The summed E-state index contributed by atoms with van der Waals surface area (Å²) < 4.78 is 5.45. The van der Waals surface area contributed by atoms with Gasteiger partial charge in [-0.15, -0.1) is 0 Å². The molecule has 2 amide bonds. The molecule has 1 heterocycles. The number of carbonyl (C=O) groups is 1. The Labute approximate surface area is 151 Å². The molecule has 2 fully saturated rings. The Bertz CT molecular complexity index is 550. The normalized spacial score (nSPS) is 18.9. The highest BCUT2D eigenvalue weighted by Gasteiger charge is 2.23. The zero-order chi connectivity index (χ0) is 17.5. The maximum atomic E-state index is 12.4. The first kappa shape index (κ1) is 17.9. The summed E-state index contributed by atoms with van der Waals surface area (Å²) in [5.41, 5.74) is 1.11. The van der Waals surface area contributed by atoms with Gasteiger partial charge in [0.05, 0.1) is 12.8 Å². The van der Waals surface area contributed by atoms with Crippen molar-refractivity contribution in [1.29, 1.82) is 0 Å². The quantitative estimate of drug-likeness (QED) is 0.888. The third kappa shape index (κ3) is 4.80. The lowest BCUT2D eigenvalue weighted by Gasteiger charge is -2.36. The number of para-hydroxylation sites is 2. The second-order valence-corrected chi connectivity index (χ2v) is 7.17. The van der Waals surface area contributed by atoms with Crippen LogP contribution in [0.3, 0.4) is 0 Å². The molecule has 1 aromatic carbocycles. The van der Waals surface area contributed by atoms with Crippen molar-refractivity contribution >= 4 is 11.7 Å². The Morgan fingerprint density at radius 1 is 1.12 bits per heavy atom. The van der Waals surface area contributed by atoms with Gasteiger partial charge in [0.1, 0.15) is 5.75 Å². The first-order valence-electron chi connectivity index (χ1n) is 9.68. The second-order valence-electron chi connectivity index (χ2n) is 7.17. The van der Waals surface area contributed by atoms with Crippen molar-refractivity contribution in [1.82, 2.24) is 10.2 Å². The summed E-state index contributed by atoms with van der Waals surface area (Å²) in [5, 5.41) is 3.12. The number of methoxy groups -OCH3 is 1. The van der Waals surface area contributed by atoms with Crippen LogP contribution >= 0.6 is 0 Å². The van der Waals surface area contributed by atoms with Crippen molar-refractivity contribution < 1.29 is 9.53 Å². The molecule has 25 heavy (non-hydrogen) atoms. The van der Waals surface area contributed by atoms with Crippen LogP contribution in [0.2, 0.25) is 0 Å². The van der Waals surface area contributed by atoms with Crippen LogP contribution in [0.25, 0.3) is 0 Å². The molecule has 5 nitrogen and oxygen atoms in total. The molecule has 5 heteroatoms. The number of benzene rings is 1. The third-order valence-corrected chi connectivity index (χ3v) is 5.55. The molecule has 0 radical (unpaired) electrons. The number of anilines is 1. The molecule has 0 atom stereocenters. The molecule has 1 N–H and O–H groups in total. The predicted molar refractivity (Wildman–Crippen MR) is 101 cm³/mol. The zero-order valence-electron chi connectivity index (χ0n) is 15.4. The average molecular weight is 345 g/mol. The number of hydrogen-bond acceptors (Lipinski definition) is 3. The number of carbonyl (C=O) groups excluding carboxylic acids is 1. The van der Waals surface area contributed by atoms with E-state index in [4.69, 9.17) is 4.74 Å². The van der Waals surface area contributed by atoms with Gasteiger partial charge in [-0.1, -0.05) is 44.2 Å². The molecule has 1 saturated carbocycles. The van der Waals surface area contributed by atoms with Crippen molar-refractivity contribution in [2.24, 2.45) is 5.92 Å². The summed E-state index contributed by atoms with van der Waals surface area (Å²) >= 11 is 0. The fourth-order valence-electron chi connectivity index (χ4n) is 4.01. The minimum Gasteiger partial charge on any atom is -0.495 e. The lowest BCUT2D eigenvalue weighted by Crippen LogP contribution is -2.52. The van der Waals surface area contributed by atoms with Crippen molar-refractivity contribution in [3.05, 3.63) is 24.3 Å². The number of nitrogens with zero attached hydrogens (tertiary/aromatic N) is 2. The summed E-state index contributed by atoms with van der Waals surface area (Å²) in [6.07, 6.45) is 7.93. The van der Waals surface area contributed by atoms with E-state index in [9.17, 15) is 4.79 Å². The monoisotopic (exact) mass is 345 g/mol. The second kappa shape index (κ2) is 8.97. The summed E-state index contributed by atoms with van der Waals surface area (Å²) in [5.74, 6) is 1.71. The van der Waals surface area contributed by atoms with Crippen molar-refractivity contribution in [3.63, 3.8) is 0 Å². The Kier molecular flexibility index (Phi) is 6.42. The van der Waals surface area contributed by atoms with E-state index in [-0.39, 0.29) is 6.03 Å². The number of piperazine rings is 1. The van der Waals surface area contributed by atoms with Gasteiger partial charge in [0.25, 0.3) is 0 Å². The smallest absolute Gasteiger partial charge is 0.317 e. The Morgan fingerprint density at radius 3 is 2.56 bits per heavy atom. The van der Waals surface area contributed by atoms with E-state index in [1.165, 1.54) is 32.1 Å². The molecule has 1 aromatic rings. The largest absolute Gasteiger partial charge is 0.495 e. The van der Waals surface area contributed by atoms with E-state index >= 15 is 0 Å². The fourth-order valence-corrected chi connectivity index (χ4v) is 4.01. The minimum atomic E-state index is 0.0930. The summed E-state index contributed by atoms with van der Waals surface area (Å²) in [6, 6.07) is 8.18.